The van der Waals surface area contributed by atoms with E-state index in [-0.39, 0.29) is 17.3 Å². The van der Waals surface area contributed by atoms with E-state index in [9.17, 15) is 10.1 Å². The van der Waals surface area contributed by atoms with Gasteiger partial charge in [0.25, 0.3) is 0 Å². The number of hydrogen-bond acceptors (Lipinski definition) is 7. The van der Waals surface area contributed by atoms with Crippen molar-refractivity contribution in [1.82, 2.24) is 9.97 Å². The van der Waals surface area contributed by atoms with Crippen molar-refractivity contribution in [1.29, 1.82) is 0 Å². The highest BCUT2D eigenvalue weighted by molar-refractivity contribution is 5.81. The van der Waals surface area contributed by atoms with E-state index in [0.29, 0.717) is 24.6 Å². The van der Waals surface area contributed by atoms with Crippen molar-refractivity contribution in [2.75, 3.05) is 23.4 Å². The van der Waals surface area contributed by atoms with E-state index in [0.717, 1.165) is 17.7 Å². The van der Waals surface area contributed by atoms with Gasteiger partial charge in [0.1, 0.15) is 12.1 Å². The summed E-state index contributed by atoms with van der Waals surface area (Å²) in [6, 6.07) is 15.1. The van der Waals surface area contributed by atoms with Crippen molar-refractivity contribution >= 4 is 28.7 Å². The number of aromatic nitrogens is 2. The lowest BCUT2D eigenvalue weighted by molar-refractivity contribution is -0.383. The molecule has 0 saturated heterocycles. The molecule has 0 spiro atoms. The number of benzene rings is 2. The molecule has 1 aromatic heterocycles. The van der Waals surface area contributed by atoms with Gasteiger partial charge in [-0.3, -0.25) is 10.1 Å². The lowest BCUT2D eigenvalue weighted by Gasteiger charge is -2.19. The smallest absolute Gasteiger partial charge is 0.354 e. The standard InChI is InChI=1S/C20H19N5O3/c1-2-28-17-10-6-4-8-15(17)23-19-18(25(26)27)20(22-13-21-19)24-12-11-14-7-3-5-9-16(14)24/h3-10,13H,2,11-12H2,1H3,(H,21,22,23). The van der Waals surface area contributed by atoms with Crippen LogP contribution in [-0.2, 0) is 6.42 Å². The summed E-state index contributed by atoms with van der Waals surface area (Å²) in [5.74, 6) is 1.01. The Morgan fingerprint density at radius 1 is 1.18 bits per heavy atom. The maximum Gasteiger partial charge on any atom is 0.354 e. The summed E-state index contributed by atoms with van der Waals surface area (Å²) in [5, 5.41) is 15.0. The first kappa shape index (κ1) is 17.7. The molecule has 0 unspecified atom stereocenters. The van der Waals surface area contributed by atoms with Gasteiger partial charge in [0.2, 0.25) is 11.6 Å². The molecule has 0 fully saturated rings. The van der Waals surface area contributed by atoms with Gasteiger partial charge in [-0.2, -0.15) is 0 Å². The molecule has 0 amide bonds. The van der Waals surface area contributed by atoms with Gasteiger partial charge in [-0.15, -0.1) is 0 Å². The van der Waals surface area contributed by atoms with Crippen molar-refractivity contribution in [3.63, 3.8) is 0 Å². The largest absolute Gasteiger partial charge is 0.492 e. The summed E-state index contributed by atoms with van der Waals surface area (Å²) < 4.78 is 5.60. The first-order valence-electron chi connectivity index (χ1n) is 9.02. The highest BCUT2D eigenvalue weighted by Crippen LogP contribution is 2.41. The Balaban J connectivity index is 1.77. The maximum atomic E-state index is 11.9. The van der Waals surface area contributed by atoms with Crippen LogP contribution >= 0.6 is 0 Å². The Bertz CT molecular complexity index is 1020. The Morgan fingerprint density at radius 2 is 1.96 bits per heavy atom. The summed E-state index contributed by atoms with van der Waals surface area (Å²) in [6.07, 6.45) is 2.15. The minimum absolute atomic E-state index is 0.131. The van der Waals surface area contributed by atoms with Crippen molar-refractivity contribution < 1.29 is 9.66 Å². The van der Waals surface area contributed by atoms with Crippen molar-refractivity contribution in [3.8, 4) is 5.75 Å². The fraction of sp³-hybridized carbons (Fsp3) is 0.200. The Kier molecular flexibility index (Phi) is 4.76. The number of anilines is 4. The van der Waals surface area contributed by atoms with E-state index in [4.69, 9.17) is 4.74 Å². The second-order valence-corrected chi connectivity index (χ2v) is 6.24. The van der Waals surface area contributed by atoms with E-state index < -0.39 is 4.92 Å². The molecule has 0 radical (unpaired) electrons. The zero-order valence-corrected chi connectivity index (χ0v) is 15.3. The molecule has 1 aliphatic heterocycles. The van der Waals surface area contributed by atoms with Crippen LogP contribution in [0.25, 0.3) is 0 Å². The SMILES string of the molecule is CCOc1ccccc1Nc1ncnc(N2CCc3ccccc32)c1[N+](=O)[O-]. The average molecular weight is 377 g/mol. The zero-order chi connectivity index (χ0) is 19.5. The van der Waals surface area contributed by atoms with E-state index >= 15 is 0 Å². The van der Waals surface area contributed by atoms with E-state index in [2.05, 4.69) is 15.3 Å². The number of nitrogens with one attached hydrogen (secondary N) is 1. The van der Waals surface area contributed by atoms with Crippen molar-refractivity contribution in [2.45, 2.75) is 13.3 Å². The number of rotatable bonds is 6. The van der Waals surface area contributed by atoms with Gasteiger partial charge in [-0.25, -0.2) is 9.97 Å². The van der Waals surface area contributed by atoms with Gasteiger partial charge in [0.05, 0.1) is 17.2 Å². The van der Waals surface area contributed by atoms with Crippen LogP contribution in [0.2, 0.25) is 0 Å². The second-order valence-electron chi connectivity index (χ2n) is 6.24. The van der Waals surface area contributed by atoms with Gasteiger partial charge in [0.15, 0.2) is 0 Å². The number of para-hydroxylation sites is 3. The van der Waals surface area contributed by atoms with Crippen LogP contribution < -0.4 is 15.0 Å². The molecule has 8 nitrogen and oxygen atoms in total. The summed E-state index contributed by atoms with van der Waals surface area (Å²) in [5.41, 5.74) is 2.53. The average Bonchev–Trinajstić information content (AvgIpc) is 3.13. The minimum atomic E-state index is -0.443. The van der Waals surface area contributed by atoms with E-state index in [1.807, 2.05) is 48.2 Å². The van der Waals surface area contributed by atoms with Crippen LogP contribution in [0.5, 0.6) is 5.75 Å². The molecular formula is C20H19N5O3. The van der Waals surface area contributed by atoms with Crippen LogP contribution in [-0.4, -0.2) is 28.0 Å². The highest BCUT2D eigenvalue weighted by Gasteiger charge is 2.31. The van der Waals surface area contributed by atoms with Crippen LogP contribution in [0.1, 0.15) is 12.5 Å². The van der Waals surface area contributed by atoms with Gasteiger partial charge in [0, 0.05) is 12.2 Å². The number of nitrogens with zero attached hydrogens (tertiary/aromatic N) is 4. The van der Waals surface area contributed by atoms with Gasteiger partial charge in [-0.05, 0) is 37.1 Å². The topological polar surface area (TPSA) is 93.4 Å². The normalized spacial score (nSPS) is 12.5. The molecule has 1 N–H and O–H groups in total. The second kappa shape index (κ2) is 7.51. The molecule has 0 bridgehead atoms. The molecule has 4 rings (SSSR count). The third-order valence-electron chi connectivity index (χ3n) is 4.57. The predicted octanol–water partition coefficient (Wildman–Crippen LogP) is 4.22. The van der Waals surface area contributed by atoms with Gasteiger partial charge in [-0.1, -0.05) is 30.3 Å². The molecule has 1 aliphatic rings. The predicted molar refractivity (Wildman–Crippen MR) is 107 cm³/mol. The van der Waals surface area contributed by atoms with Crippen LogP contribution in [0, 0.1) is 10.1 Å². The van der Waals surface area contributed by atoms with Crippen LogP contribution in [0.4, 0.5) is 28.7 Å². The summed E-state index contributed by atoms with van der Waals surface area (Å²) in [4.78, 5) is 21.7. The Morgan fingerprint density at radius 3 is 2.79 bits per heavy atom. The molecule has 0 saturated carbocycles. The Hall–Kier alpha value is -3.68. The lowest BCUT2D eigenvalue weighted by Crippen LogP contribution is -2.17. The number of hydrogen-bond donors (Lipinski definition) is 1. The van der Waals surface area contributed by atoms with E-state index in [1.165, 1.54) is 6.33 Å². The number of nitro groups is 1. The third-order valence-corrected chi connectivity index (χ3v) is 4.57. The molecule has 2 aromatic carbocycles. The fourth-order valence-electron chi connectivity index (χ4n) is 3.36. The molecule has 3 aromatic rings. The molecule has 0 atom stereocenters. The van der Waals surface area contributed by atoms with Crippen molar-refractivity contribution in [2.24, 2.45) is 0 Å². The molecule has 0 aliphatic carbocycles. The Labute approximate surface area is 162 Å². The maximum absolute atomic E-state index is 11.9. The molecule has 2 heterocycles. The molecule has 8 heteroatoms. The van der Waals surface area contributed by atoms with Crippen LogP contribution in [0.15, 0.2) is 54.9 Å². The third kappa shape index (κ3) is 3.20. The van der Waals surface area contributed by atoms with E-state index in [1.54, 1.807) is 12.1 Å². The number of fused-ring (bicyclic) bond motifs is 1. The molecule has 142 valence electrons. The summed E-state index contributed by atoms with van der Waals surface area (Å²) in [6.45, 7) is 3.00. The highest BCUT2D eigenvalue weighted by atomic mass is 16.6. The molecular weight excluding hydrogens is 358 g/mol. The van der Waals surface area contributed by atoms with Gasteiger partial charge < -0.3 is 15.0 Å². The summed E-state index contributed by atoms with van der Waals surface area (Å²) in [7, 11) is 0. The molecule has 28 heavy (non-hydrogen) atoms. The van der Waals surface area contributed by atoms with Gasteiger partial charge >= 0.3 is 5.69 Å². The fourth-order valence-corrected chi connectivity index (χ4v) is 3.36. The minimum Gasteiger partial charge on any atom is -0.492 e. The van der Waals surface area contributed by atoms with Crippen molar-refractivity contribution in [3.05, 3.63) is 70.5 Å². The zero-order valence-electron chi connectivity index (χ0n) is 15.3. The van der Waals surface area contributed by atoms with Crippen LogP contribution in [0.3, 0.4) is 0 Å². The first-order valence-corrected chi connectivity index (χ1v) is 9.02. The quantitative estimate of drug-likeness (QED) is 0.508. The lowest BCUT2D eigenvalue weighted by atomic mass is 10.2. The first-order chi connectivity index (χ1) is 13.7. The number of ether oxygens (including phenoxy) is 1. The monoisotopic (exact) mass is 377 g/mol. The summed E-state index contributed by atoms with van der Waals surface area (Å²) >= 11 is 0.